The minimum absolute atomic E-state index is 0.0680. The van der Waals surface area contributed by atoms with Crippen LogP contribution in [0.1, 0.15) is 86.6 Å². The number of ketones is 2. The molecule has 0 spiro atoms. The van der Waals surface area contributed by atoms with Gasteiger partial charge in [0.25, 0.3) is 0 Å². The van der Waals surface area contributed by atoms with Crippen molar-refractivity contribution < 1.29 is 29.6 Å². The number of rotatable bonds is 2. The first-order chi connectivity index (χ1) is 15.8. The lowest BCUT2D eigenvalue weighted by molar-refractivity contribution is -0.189. The van der Waals surface area contributed by atoms with Crippen molar-refractivity contribution in [1.29, 1.82) is 0 Å². The van der Waals surface area contributed by atoms with Gasteiger partial charge in [-0.1, -0.05) is 13.8 Å². The van der Waals surface area contributed by atoms with Crippen LogP contribution in [0.15, 0.2) is 6.07 Å². The summed E-state index contributed by atoms with van der Waals surface area (Å²) in [5.41, 5.74) is -5.15. The highest BCUT2D eigenvalue weighted by Crippen LogP contribution is 2.61. The summed E-state index contributed by atoms with van der Waals surface area (Å²) in [5.74, 6) is -2.71. The van der Waals surface area contributed by atoms with E-state index in [1.165, 1.54) is 13.0 Å². The Kier molecular flexibility index (Phi) is 6.15. The molecule has 1 saturated carbocycles. The number of alkyl halides is 3. The van der Waals surface area contributed by atoms with E-state index in [0.717, 1.165) is 0 Å². The Hall–Kier alpha value is -1.05. The van der Waals surface area contributed by atoms with Gasteiger partial charge in [0.05, 0.1) is 22.1 Å². The van der Waals surface area contributed by atoms with Crippen LogP contribution in [-0.4, -0.2) is 59.3 Å². The summed E-state index contributed by atoms with van der Waals surface area (Å²) in [4.78, 5) is 26.5. The SMILES string of the molecule is Cc1c(O)cc2c(c1O)C(=O)C1(Cl)CC(Cl)C(C)(C)OC1(CC1C(C)(O)CCC(Cl)C1(C)C)C2=O. The Balaban J connectivity index is 2.01. The van der Waals surface area contributed by atoms with Crippen molar-refractivity contribution in [3.63, 3.8) is 0 Å². The average Bonchev–Trinajstić information content (AvgIpc) is 2.74. The largest absolute Gasteiger partial charge is 0.508 e. The monoisotopic (exact) mass is 546 g/mol. The molecule has 0 bridgehead atoms. The van der Waals surface area contributed by atoms with Gasteiger partial charge >= 0.3 is 0 Å². The van der Waals surface area contributed by atoms with Gasteiger partial charge in [-0.15, -0.1) is 34.8 Å². The van der Waals surface area contributed by atoms with E-state index < -0.39 is 55.7 Å². The maximum atomic E-state index is 14.4. The molecule has 1 aromatic rings. The number of ether oxygens (including phenoxy) is 1. The molecule has 1 saturated heterocycles. The number of carbonyl (C=O) groups excluding carboxylic acids is 2. The lowest BCUT2D eigenvalue weighted by atomic mass is 9.54. The second kappa shape index (κ2) is 7.97. The highest BCUT2D eigenvalue weighted by atomic mass is 35.5. The Morgan fingerprint density at radius 1 is 1.06 bits per heavy atom. The molecule has 0 amide bonds. The quantitative estimate of drug-likeness (QED) is 0.423. The first kappa shape index (κ1) is 27.0. The maximum Gasteiger partial charge on any atom is 0.197 e. The summed E-state index contributed by atoms with van der Waals surface area (Å²) >= 11 is 20.5. The lowest BCUT2D eigenvalue weighted by Crippen LogP contribution is -2.74. The summed E-state index contributed by atoms with van der Waals surface area (Å²) in [6.45, 7) is 10.5. The van der Waals surface area contributed by atoms with E-state index in [1.807, 2.05) is 13.8 Å². The summed E-state index contributed by atoms with van der Waals surface area (Å²) in [6.07, 6.45) is 0.809. The van der Waals surface area contributed by atoms with Crippen LogP contribution < -0.4 is 0 Å². The molecule has 3 aliphatic rings. The summed E-state index contributed by atoms with van der Waals surface area (Å²) in [5, 5.41) is 31.6. The second-order valence-electron chi connectivity index (χ2n) is 11.9. The van der Waals surface area contributed by atoms with Crippen molar-refractivity contribution in [2.24, 2.45) is 11.3 Å². The molecule has 2 aliphatic carbocycles. The molecule has 3 N–H and O–H groups in total. The molecule has 2 fully saturated rings. The first-order valence-electron chi connectivity index (χ1n) is 11.9. The van der Waals surface area contributed by atoms with Gasteiger partial charge in [-0.05, 0) is 70.8 Å². The summed E-state index contributed by atoms with van der Waals surface area (Å²) < 4.78 is 6.50. The Morgan fingerprint density at radius 2 is 1.66 bits per heavy atom. The first-order valence-corrected chi connectivity index (χ1v) is 13.1. The molecule has 35 heavy (non-hydrogen) atoms. The lowest BCUT2D eigenvalue weighted by Gasteiger charge is -2.60. The number of halogens is 3. The second-order valence-corrected chi connectivity index (χ2v) is 13.6. The maximum absolute atomic E-state index is 14.4. The van der Waals surface area contributed by atoms with Gasteiger partial charge < -0.3 is 20.1 Å². The van der Waals surface area contributed by atoms with Crippen molar-refractivity contribution in [3.05, 3.63) is 22.8 Å². The number of fused-ring (bicyclic) bond motifs is 2. The normalized spacial score (nSPS) is 40.2. The Bertz CT molecular complexity index is 1110. The predicted molar refractivity (Wildman–Crippen MR) is 135 cm³/mol. The van der Waals surface area contributed by atoms with E-state index in [1.54, 1.807) is 20.8 Å². The number of Topliss-reactive ketones (excluding diaryl/α,β-unsaturated/α-hetero) is 2. The molecule has 9 heteroatoms. The van der Waals surface area contributed by atoms with E-state index >= 15 is 0 Å². The van der Waals surface area contributed by atoms with E-state index in [2.05, 4.69) is 0 Å². The molecule has 0 radical (unpaired) electrons. The molecular weight excluding hydrogens is 515 g/mol. The number of hydrogen-bond acceptors (Lipinski definition) is 6. The molecule has 194 valence electrons. The van der Waals surface area contributed by atoms with E-state index in [0.29, 0.717) is 12.8 Å². The molecule has 0 aromatic heterocycles. The zero-order valence-corrected chi connectivity index (χ0v) is 23.1. The number of phenols is 2. The molecule has 1 aliphatic heterocycles. The number of aromatic hydroxyl groups is 2. The average molecular weight is 548 g/mol. The van der Waals surface area contributed by atoms with Gasteiger partial charge in [-0.2, -0.15) is 0 Å². The van der Waals surface area contributed by atoms with Gasteiger partial charge in [0.15, 0.2) is 17.2 Å². The third-order valence-corrected chi connectivity index (χ3v) is 11.0. The van der Waals surface area contributed by atoms with Crippen LogP contribution in [-0.2, 0) is 4.74 Å². The molecule has 6 atom stereocenters. The van der Waals surface area contributed by atoms with Crippen LogP contribution in [0.25, 0.3) is 0 Å². The minimum atomic E-state index is -1.94. The van der Waals surface area contributed by atoms with Crippen molar-refractivity contribution >= 4 is 46.4 Å². The molecule has 6 unspecified atom stereocenters. The van der Waals surface area contributed by atoms with Crippen molar-refractivity contribution in [1.82, 2.24) is 0 Å². The number of aliphatic hydroxyl groups is 1. The zero-order chi connectivity index (χ0) is 26.5. The molecule has 1 heterocycles. The fourth-order valence-corrected chi connectivity index (χ4v) is 7.45. The van der Waals surface area contributed by atoms with E-state index in [-0.39, 0.29) is 40.7 Å². The van der Waals surface area contributed by atoms with Crippen LogP contribution in [0.2, 0.25) is 0 Å². The Labute approximate surface area is 220 Å². The molecule has 6 nitrogen and oxygen atoms in total. The fraction of sp³-hybridized carbons (Fsp3) is 0.692. The van der Waals surface area contributed by atoms with Crippen molar-refractivity contribution in [2.75, 3.05) is 0 Å². The molecule has 1 aromatic carbocycles. The van der Waals surface area contributed by atoms with Crippen molar-refractivity contribution in [3.8, 4) is 11.5 Å². The highest BCUT2D eigenvalue weighted by Gasteiger charge is 2.72. The van der Waals surface area contributed by atoms with Crippen LogP contribution >= 0.6 is 34.8 Å². The van der Waals surface area contributed by atoms with E-state index in [9.17, 15) is 24.9 Å². The van der Waals surface area contributed by atoms with E-state index in [4.69, 9.17) is 39.5 Å². The van der Waals surface area contributed by atoms with Gasteiger partial charge in [0.1, 0.15) is 16.4 Å². The van der Waals surface area contributed by atoms with Gasteiger partial charge in [0, 0.05) is 16.5 Å². The predicted octanol–water partition coefficient (Wildman–Crippen LogP) is 5.49. The van der Waals surface area contributed by atoms with Crippen LogP contribution in [0, 0.1) is 18.3 Å². The third-order valence-electron chi connectivity index (χ3n) is 8.87. The number of phenolic OH excluding ortho intramolecular Hbond substituents is 2. The third kappa shape index (κ3) is 3.58. The molecule has 4 rings (SSSR count). The topological polar surface area (TPSA) is 104 Å². The van der Waals surface area contributed by atoms with Crippen molar-refractivity contribution in [2.45, 2.75) is 99.7 Å². The standard InChI is InChI=1S/C26H33Cl3O6/c1-12-14(30)9-13-18(19(12)31)21(33)25(29)11-17(28)23(4,5)35-26(25,20(13)32)10-15-22(2,3)16(27)7-8-24(15,6)34/h9,15-17,30-31,34H,7-8,10-11H2,1-6H3. The summed E-state index contributed by atoms with van der Waals surface area (Å²) in [7, 11) is 0. The van der Waals surface area contributed by atoms with Crippen LogP contribution in [0.5, 0.6) is 11.5 Å². The van der Waals surface area contributed by atoms with Crippen LogP contribution in [0.4, 0.5) is 0 Å². The summed E-state index contributed by atoms with van der Waals surface area (Å²) in [6, 6.07) is 1.18. The zero-order valence-electron chi connectivity index (χ0n) is 20.8. The number of benzene rings is 1. The van der Waals surface area contributed by atoms with Crippen LogP contribution in [0.3, 0.4) is 0 Å². The smallest absolute Gasteiger partial charge is 0.197 e. The van der Waals surface area contributed by atoms with Gasteiger partial charge in [-0.25, -0.2) is 0 Å². The minimum Gasteiger partial charge on any atom is -0.508 e. The number of hydrogen-bond donors (Lipinski definition) is 3. The highest BCUT2D eigenvalue weighted by molar-refractivity contribution is 6.45. The van der Waals surface area contributed by atoms with Gasteiger partial charge in [-0.3, -0.25) is 9.59 Å². The fourth-order valence-electron chi connectivity index (χ4n) is 6.38. The number of carbonyl (C=O) groups is 2. The van der Waals surface area contributed by atoms with Gasteiger partial charge in [0.2, 0.25) is 0 Å². The Morgan fingerprint density at radius 3 is 2.26 bits per heavy atom. The molecular formula is C26H33Cl3O6.